The number of fused-ring (bicyclic) bond motifs is 1. The first kappa shape index (κ1) is 12.6. The monoisotopic (exact) mass is 280 g/mol. The molecule has 2 heterocycles. The molecule has 1 saturated heterocycles. The topological polar surface area (TPSA) is 72.0 Å². The van der Waals surface area contributed by atoms with Gasteiger partial charge in [-0.1, -0.05) is 6.07 Å². The zero-order valence-corrected chi connectivity index (χ0v) is 11.5. The summed E-state index contributed by atoms with van der Waals surface area (Å²) in [7, 11) is -3.27. The lowest BCUT2D eigenvalue weighted by atomic mass is 10.1. The predicted octanol–water partition coefficient (Wildman–Crippen LogP) is 2.21. The van der Waals surface area contributed by atoms with E-state index in [0.29, 0.717) is 5.52 Å². The lowest BCUT2D eigenvalue weighted by Gasteiger charge is -2.20. The number of rotatable bonds is 2. The second kappa shape index (κ2) is 4.61. The summed E-state index contributed by atoms with van der Waals surface area (Å²) in [4.78, 5) is 7.89. The minimum absolute atomic E-state index is 0.0476. The minimum Gasteiger partial charge on any atom is -0.370 e. The summed E-state index contributed by atoms with van der Waals surface area (Å²) < 4.78 is 29.2. The first-order chi connectivity index (χ1) is 9.05. The van der Waals surface area contributed by atoms with Crippen molar-refractivity contribution in [1.29, 1.82) is 0 Å². The standard InChI is InChI=1S/C13H16N2O3S/c1-19(16,17)11-7-4-5-9-12(11)15-13(14-9)10-6-2-3-8-18-10/h4-5,7,10H,2-3,6,8H2,1H3,(H,14,15). The van der Waals surface area contributed by atoms with Crippen molar-refractivity contribution in [2.24, 2.45) is 0 Å². The van der Waals surface area contributed by atoms with Gasteiger partial charge in [0, 0.05) is 12.9 Å². The molecule has 0 amide bonds. The molecule has 1 atom stereocenters. The Morgan fingerprint density at radius 1 is 1.37 bits per heavy atom. The SMILES string of the molecule is CS(=O)(=O)c1cccc2[nH]c(C3CCCCO3)nc12. The maximum Gasteiger partial charge on any atom is 0.177 e. The molecule has 0 aliphatic carbocycles. The highest BCUT2D eigenvalue weighted by Gasteiger charge is 2.21. The van der Waals surface area contributed by atoms with Crippen molar-refractivity contribution in [1.82, 2.24) is 9.97 Å². The molecule has 19 heavy (non-hydrogen) atoms. The summed E-state index contributed by atoms with van der Waals surface area (Å²) >= 11 is 0. The Morgan fingerprint density at radius 2 is 2.21 bits per heavy atom. The van der Waals surface area contributed by atoms with E-state index >= 15 is 0 Å². The molecule has 1 fully saturated rings. The van der Waals surface area contributed by atoms with E-state index in [2.05, 4.69) is 9.97 Å². The third-order valence-electron chi connectivity index (χ3n) is 3.38. The molecule has 5 nitrogen and oxygen atoms in total. The van der Waals surface area contributed by atoms with Crippen molar-refractivity contribution in [2.45, 2.75) is 30.3 Å². The predicted molar refractivity (Wildman–Crippen MR) is 71.7 cm³/mol. The van der Waals surface area contributed by atoms with Gasteiger partial charge in [0.1, 0.15) is 17.4 Å². The quantitative estimate of drug-likeness (QED) is 0.915. The molecular formula is C13H16N2O3S. The number of aromatic nitrogens is 2. The highest BCUT2D eigenvalue weighted by atomic mass is 32.2. The molecule has 0 radical (unpaired) electrons. The average molecular weight is 280 g/mol. The van der Waals surface area contributed by atoms with E-state index in [-0.39, 0.29) is 11.0 Å². The lowest BCUT2D eigenvalue weighted by molar-refractivity contribution is 0.0101. The van der Waals surface area contributed by atoms with Crippen LogP contribution in [-0.4, -0.2) is 31.2 Å². The number of benzene rings is 1. The van der Waals surface area contributed by atoms with Gasteiger partial charge in [0.05, 0.1) is 10.4 Å². The van der Waals surface area contributed by atoms with Gasteiger partial charge in [0.15, 0.2) is 9.84 Å². The number of sulfone groups is 1. The summed E-state index contributed by atoms with van der Waals surface area (Å²) in [5.41, 5.74) is 1.25. The van der Waals surface area contributed by atoms with Crippen molar-refractivity contribution in [2.75, 3.05) is 12.9 Å². The van der Waals surface area contributed by atoms with E-state index in [1.807, 2.05) is 6.07 Å². The molecule has 1 aromatic heterocycles. The summed E-state index contributed by atoms with van der Waals surface area (Å²) in [5, 5.41) is 0. The second-order valence-corrected chi connectivity index (χ2v) is 6.89. The van der Waals surface area contributed by atoms with Crippen LogP contribution < -0.4 is 0 Å². The number of para-hydroxylation sites is 1. The van der Waals surface area contributed by atoms with Gasteiger partial charge >= 0.3 is 0 Å². The number of hydrogen-bond acceptors (Lipinski definition) is 4. The molecule has 2 aromatic rings. The van der Waals surface area contributed by atoms with Crippen LogP contribution in [0.15, 0.2) is 23.1 Å². The molecule has 0 saturated carbocycles. The first-order valence-corrected chi connectivity index (χ1v) is 8.25. The van der Waals surface area contributed by atoms with Crippen molar-refractivity contribution < 1.29 is 13.2 Å². The van der Waals surface area contributed by atoms with Crippen LogP contribution in [0.5, 0.6) is 0 Å². The van der Waals surface area contributed by atoms with Crippen LogP contribution in [0.2, 0.25) is 0 Å². The van der Waals surface area contributed by atoms with Gasteiger partial charge in [-0.25, -0.2) is 13.4 Å². The van der Waals surface area contributed by atoms with Gasteiger partial charge in [0.25, 0.3) is 0 Å². The summed E-state index contributed by atoms with van der Waals surface area (Å²) in [6, 6.07) is 5.15. The number of ether oxygens (including phenoxy) is 1. The summed E-state index contributed by atoms with van der Waals surface area (Å²) in [5.74, 6) is 0.728. The Morgan fingerprint density at radius 3 is 2.89 bits per heavy atom. The fourth-order valence-corrected chi connectivity index (χ4v) is 3.27. The average Bonchev–Trinajstić information content (AvgIpc) is 2.82. The maximum absolute atomic E-state index is 11.7. The number of imidazole rings is 1. The van der Waals surface area contributed by atoms with Gasteiger partial charge in [-0.2, -0.15) is 0 Å². The summed E-state index contributed by atoms with van der Waals surface area (Å²) in [6.07, 6.45) is 4.27. The highest BCUT2D eigenvalue weighted by Crippen LogP contribution is 2.29. The number of H-pyrrole nitrogens is 1. The highest BCUT2D eigenvalue weighted by molar-refractivity contribution is 7.91. The molecule has 102 valence electrons. The third-order valence-corrected chi connectivity index (χ3v) is 4.51. The van der Waals surface area contributed by atoms with Gasteiger partial charge in [-0.15, -0.1) is 0 Å². The Kier molecular flexibility index (Phi) is 3.06. The van der Waals surface area contributed by atoms with Crippen LogP contribution in [0.25, 0.3) is 11.0 Å². The van der Waals surface area contributed by atoms with Crippen LogP contribution >= 0.6 is 0 Å². The Bertz CT molecular complexity index is 700. The first-order valence-electron chi connectivity index (χ1n) is 6.36. The third kappa shape index (κ3) is 2.37. The Hall–Kier alpha value is -1.40. The molecular weight excluding hydrogens is 264 g/mol. The van der Waals surface area contributed by atoms with Crippen molar-refractivity contribution >= 4 is 20.9 Å². The molecule has 1 aliphatic rings. The molecule has 1 aliphatic heterocycles. The van der Waals surface area contributed by atoms with E-state index in [1.165, 1.54) is 6.26 Å². The van der Waals surface area contributed by atoms with Crippen molar-refractivity contribution in [3.05, 3.63) is 24.0 Å². The fraction of sp³-hybridized carbons (Fsp3) is 0.462. The van der Waals surface area contributed by atoms with Gasteiger partial charge < -0.3 is 9.72 Å². The van der Waals surface area contributed by atoms with Crippen LogP contribution in [0.3, 0.4) is 0 Å². The lowest BCUT2D eigenvalue weighted by Crippen LogP contribution is -2.12. The Labute approximate surface area is 111 Å². The van der Waals surface area contributed by atoms with Gasteiger partial charge in [0.2, 0.25) is 0 Å². The van der Waals surface area contributed by atoms with Crippen LogP contribution in [-0.2, 0) is 14.6 Å². The van der Waals surface area contributed by atoms with E-state index < -0.39 is 9.84 Å². The van der Waals surface area contributed by atoms with Crippen LogP contribution in [0, 0.1) is 0 Å². The van der Waals surface area contributed by atoms with Crippen LogP contribution in [0.1, 0.15) is 31.2 Å². The van der Waals surface area contributed by atoms with Gasteiger partial charge in [-0.3, -0.25) is 0 Å². The largest absolute Gasteiger partial charge is 0.370 e. The van der Waals surface area contributed by atoms with Crippen LogP contribution in [0.4, 0.5) is 0 Å². The molecule has 6 heteroatoms. The van der Waals surface area contributed by atoms with Crippen molar-refractivity contribution in [3.8, 4) is 0 Å². The maximum atomic E-state index is 11.7. The zero-order chi connectivity index (χ0) is 13.5. The van der Waals surface area contributed by atoms with Crippen molar-refractivity contribution in [3.63, 3.8) is 0 Å². The summed E-state index contributed by atoms with van der Waals surface area (Å²) in [6.45, 7) is 0.737. The Balaban J connectivity index is 2.10. The minimum atomic E-state index is -3.27. The van der Waals surface area contributed by atoms with Gasteiger partial charge in [-0.05, 0) is 31.4 Å². The number of nitrogens with one attached hydrogen (secondary N) is 1. The molecule has 0 spiro atoms. The van der Waals surface area contributed by atoms with E-state index in [1.54, 1.807) is 12.1 Å². The molecule has 3 rings (SSSR count). The second-order valence-electron chi connectivity index (χ2n) is 4.90. The van der Waals surface area contributed by atoms with E-state index in [4.69, 9.17) is 4.74 Å². The molecule has 1 N–H and O–H groups in total. The fourth-order valence-electron chi connectivity index (χ4n) is 2.43. The zero-order valence-electron chi connectivity index (χ0n) is 10.7. The molecule has 1 unspecified atom stereocenters. The molecule has 1 aromatic carbocycles. The molecule has 0 bridgehead atoms. The van der Waals surface area contributed by atoms with E-state index in [0.717, 1.165) is 37.2 Å². The van der Waals surface area contributed by atoms with E-state index in [9.17, 15) is 8.42 Å². The number of nitrogens with zero attached hydrogens (tertiary/aromatic N) is 1. The number of aromatic amines is 1. The smallest absolute Gasteiger partial charge is 0.177 e. The normalized spacial score (nSPS) is 20.8. The number of hydrogen-bond donors (Lipinski definition) is 1.